The van der Waals surface area contributed by atoms with Crippen molar-refractivity contribution in [3.8, 4) is 10.7 Å². The van der Waals surface area contributed by atoms with Crippen LogP contribution in [0.3, 0.4) is 0 Å². The highest BCUT2D eigenvalue weighted by Crippen LogP contribution is 2.30. The van der Waals surface area contributed by atoms with Crippen molar-refractivity contribution < 1.29 is 4.74 Å². The number of hydrogen-bond donors (Lipinski definition) is 0. The van der Waals surface area contributed by atoms with Crippen molar-refractivity contribution in [2.45, 2.75) is 17.3 Å². The van der Waals surface area contributed by atoms with E-state index in [1.165, 1.54) is 0 Å². The smallest absolute Gasteiger partial charge is 0.144 e. The third kappa shape index (κ3) is 4.52. The third-order valence-electron chi connectivity index (χ3n) is 4.88. The van der Waals surface area contributed by atoms with Gasteiger partial charge in [0.05, 0.1) is 36.7 Å². The van der Waals surface area contributed by atoms with E-state index >= 15 is 0 Å². The number of ether oxygens (including phenoxy) is 1. The molecule has 1 aromatic carbocycles. The van der Waals surface area contributed by atoms with Crippen molar-refractivity contribution in [2.24, 2.45) is 0 Å². The van der Waals surface area contributed by atoms with Crippen LogP contribution in [0.4, 0.5) is 0 Å². The van der Waals surface area contributed by atoms with Crippen molar-refractivity contribution in [3.05, 3.63) is 65.6 Å². The van der Waals surface area contributed by atoms with Crippen LogP contribution in [-0.2, 0) is 17.0 Å². The van der Waals surface area contributed by atoms with E-state index in [2.05, 4.69) is 27.4 Å². The SMILES string of the molecule is c1ccc(-c2nc(CSc3nc(CN4CCOCC4)nc4ccccc34)cs2)nc1. The summed E-state index contributed by atoms with van der Waals surface area (Å²) in [6, 6.07) is 14.1. The van der Waals surface area contributed by atoms with Crippen LogP contribution in [0, 0.1) is 0 Å². The Labute approximate surface area is 183 Å². The minimum Gasteiger partial charge on any atom is -0.379 e. The molecule has 1 saturated heterocycles. The van der Waals surface area contributed by atoms with Gasteiger partial charge in [-0.1, -0.05) is 36.0 Å². The minimum atomic E-state index is 0.752. The lowest BCUT2D eigenvalue weighted by Crippen LogP contribution is -2.36. The van der Waals surface area contributed by atoms with Gasteiger partial charge >= 0.3 is 0 Å². The van der Waals surface area contributed by atoms with E-state index < -0.39 is 0 Å². The number of nitrogens with zero attached hydrogens (tertiary/aromatic N) is 5. The largest absolute Gasteiger partial charge is 0.379 e. The summed E-state index contributed by atoms with van der Waals surface area (Å²) >= 11 is 3.35. The van der Waals surface area contributed by atoms with E-state index in [1.54, 1.807) is 29.3 Å². The molecule has 3 aromatic heterocycles. The van der Waals surface area contributed by atoms with Gasteiger partial charge in [-0.15, -0.1) is 11.3 Å². The van der Waals surface area contributed by atoms with Crippen LogP contribution in [0.25, 0.3) is 21.6 Å². The van der Waals surface area contributed by atoms with Gasteiger partial charge in [0, 0.05) is 35.8 Å². The Hall–Kier alpha value is -2.39. The number of thiazole rings is 1. The summed E-state index contributed by atoms with van der Waals surface area (Å²) in [6.07, 6.45) is 1.80. The number of rotatable bonds is 6. The molecule has 8 heteroatoms. The van der Waals surface area contributed by atoms with Gasteiger partial charge in [0.15, 0.2) is 0 Å². The van der Waals surface area contributed by atoms with Crippen molar-refractivity contribution in [1.29, 1.82) is 0 Å². The van der Waals surface area contributed by atoms with Crippen LogP contribution in [0.5, 0.6) is 0 Å². The lowest BCUT2D eigenvalue weighted by atomic mass is 10.2. The first-order chi connectivity index (χ1) is 14.8. The Morgan fingerprint density at radius 1 is 1.00 bits per heavy atom. The van der Waals surface area contributed by atoms with Gasteiger partial charge in [-0.2, -0.15) is 0 Å². The Morgan fingerprint density at radius 2 is 1.87 bits per heavy atom. The van der Waals surface area contributed by atoms with Crippen LogP contribution in [-0.4, -0.2) is 51.1 Å². The molecule has 0 radical (unpaired) electrons. The standard InChI is InChI=1S/C22H21N5OS2/c1-2-6-18-17(5-1)21(26-20(25-18)13-27-9-11-28-12-10-27)29-14-16-15-30-22(24-16)19-7-3-4-8-23-19/h1-8,15H,9-14H2. The highest BCUT2D eigenvalue weighted by atomic mass is 32.2. The number of aromatic nitrogens is 4. The zero-order valence-electron chi connectivity index (χ0n) is 16.4. The second-order valence-electron chi connectivity index (χ2n) is 7.00. The van der Waals surface area contributed by atoms with Gasteiger partial charge in [-0.05, 0) is 18.2 Å². The van der Waals surface area contributed by atoms with Crippen molar-refractivity contribution in [3.63, 3.8) is 0 Å². The Balaban J connectivity index is 1.36. The zero-order chi connectivity index (χ0) is 20.2. The highest BCUT2D eigenvalue weighted by Gasteiger charge is 2.15. The fourth-order valence-electron chi connectivity index (χ4n) is 3.36. The predicted molar refractivity (Wildman–Crippen MR) is 121 cm³/mol. The molecule has 0 saturated carbocycles. The molecule has 0 atom stereocenters. The van der Waals surface area contributed by atoms with Gasteiger partial charge in [0.2, 0.25) is 0 Å². The molecule has 0 unspecified atom stereocenters. The summed E-state index contributed by atoms with van der Waals surface area (Å²) in [5, 5.41) is 5.16. The summed E-state index contributed by atoms with van der Waals surface area (Å²) in [4.78, 5) is 21.2. The maximum atomic E-state index is 5.46. The first kappa shape index (κ1) is 19.6. The second kappa shape index (κ2) is 9.18. The van der Waals surface area contributed by atoms with E-state index in [4.69, 9.17) is 19.7 Å². The number of pyridine rings is 1. The van der Waals surface area contributed by atoms with Crippen LogP contribution in [0.1, 0.15) is 11.5 Å². The van der Waals surface area contributed by atoms with Crippen LogP contribution >= 0.6 is 23.1 Å². The van der Waals surface area contributed by atoms with Gasteiger partial charge in [-0.25, -0.2) is 15.0 Å². The van der Waals surface area contributed by atoms with E-state index in [1.807, 2.05) is 30.3 Å². The van der Waals surface area contributed by atoms with Gasteiger partial charge in [0.25, 0.3) is 0 Å². The van der Waals surface area contributed by atoms with Crippen molar-refractivity contribution >= 4 is 34.0 Å². The van der Waals surface area contributed by atoms with Crippen molar-refractivity contribution in [1.82, 2.24) is 24.8 Å². The minimum absolute atomic E-state index is 0.752. The Bertz CT molecular complexity index is 1130. The highest BCUT2D eigenvalue weighted by molar-refractivity contribution is 7.98. The summed E-state index contributed by atoms with van der Waals surface area (Å²) in [6.45, 7) is 4.15. The number of fused-ring (bicyclic) bond motifs is 1. The van der Waals surface area contributed by atoms with E-state index in [0.717, 1.165) is 76.7 Å². The second-order valence-corrected chi connectivity index (χ2v) is 8.82. The molecule has 0 N–H and O–H groups in total. The quantitative estimate of drug-likeness (QED) is 0.331. The zero-order valence-corrected chi connectivity index (χ0v) is 18.0. The molecule has 6 nitrogen and oxygen atoms in total. The molecule has 4 heterocycles. The molecule has 0 bridgehead atoms. The lowest BCUT2D eigenvalue weighted by molar-refractivity contribution is 0.0330. The Kier molecular flexibility index (Phi) is 5.99. The third-order valence-corrected chi connectivity index (χ3v) is 6.81. The van der Waals surface area contributed by atoms with Gasteiger partial charge in [-0.3, -0.25) is 9.88 Å². The molecule has 0 amide bonds. The average Bonchev–Trinajstić information content (AvgIpc) is 3.28. The molecular formula is C22H21N5OS2. The summed E-state index contributed by atoms with van der Waals surface area (Å²) in [5.41, 5.74) is 2.95. The number of morpholine rings is 1. The molecule has 1 aliphatic heterocycles. The molecule has 152 valence electrons. The number of thioether (sulfide) groups is 1. The fraction of sp³-hybridized carbons (Fsp3) is 0.273. The average molecular weight is 436 g/mol. The number of hydrogen-bond acceptors (Lipinski definition) is 8. The predicted octanol–water partition coefficient (Wildman–Crippen LogP) is 4.27. The summed E-state index contributed by atoms with van der Waals surface area (Å²) in [5.74, 6) is 1.63. The normalized spacial score (nSPS) is 14.9. The molecule has 1 aliphatic rings. The summed E-state index contributed by atoms with van der Waals surface area (Å²) in [7, 11) is 0. The van der Waals surface area contributed by atoms with Crippen LogP contribution in [0.15, 0.2) is 59.1 Å². The molecule has 4 aromatic rings. The monoisotopic (exact) mass is 435 g/mol. The van der Waals surface area contributed by atoms with Crippen LogP contribution < -0.4 is 0 Å². The molecule has 0 aliphatic carbocycles. The molecule has 5 rings (SSSR count). The Morgan fingerprint density at radius 3 is 2.73 bits per heavy atom. The molecule has 0 spiro atoms. The maximum Gasteiger partial charge on any atom is 0.144 e. The first-order valence-corrected chi connectivity index (χ1v) is 11.8. The van der Waals surface area contributed by atoms with Crippen molar-refractivity contribution in [2.75, 3.05) is 26.3 Å². The van der Waals surface area contributed by atoms with Crippen LogP contribution in [0.2, 0.25) is 0 Å². The lowest BCUT2D eigenvalue weighted by Gasteiger charge is -2.25. The fourth-order valence-corrected chi connectivity index (χ4v) is 5.19. The number of para-hydroxylation sites is 1. The van der Waals surface area contributed by atoms with E-state index in [0.29, 0.717) is 0 Å². The maximum absolute atomic E-state index is 5.46. The van der Waals surface area contributed by atoms with Gasteiger partial charge < -0.3 is 4.74 Å². The molecular weight excluding hydrogens is 414 g/mol. The first-order valence-electron chi connectivity index (χ1n) is 9.89. The molecule has 30 heavy (non-hydrogen) atoms. The number of benzene rings is 1. The van der Waals surface area contributed by atoms with E-state index in [-0.39, 0.29) is 0 Å². The van der Waals surface area contributed by atoms with E-state index in [9.17, 15) is 0 Å². The van der Waals surface area contributed by atoms with Gasteiger partial charge in [0.1, 0.15) is 15.9 Å². The molecule has 1 fully saturated rings. The summed E-state index contributed by atoms with van der Waals surface area (Å²) < 4.78 is 5.46. The topological polar surface area (TPSA) is 64.0 Å².